The van der Waals surface area contributed by atoms with Gasteiger partial charge in [0.25, 0.3) is 5.56 Å². The average molecular weight is 246 g/mol. The molecule has 0 radical (unpaired) electrons. The van der Waals surface area contributed by atoms with Gasteiger partial charge in [0.2, 0.25) is 0 Å². The zero-order valence-corrected chi connectivity index (χ0v) is 8.98. The Kier molecular flexibility index (Phi) is 2.93. The first-order chi connectivity index (χ1) is 8.60. The fourth-order valence-electron chi connectivity index (χ4n) is 1.30. The molecule has 0 bridgehead atoms. The van der Waals surface area contributed by atoms with E-state index in [1.165, 1.54) is 24.3 Å². The summed E-state index contributed by atoms with van der Waals surface area (Å²) in [6.45, 7) is 0. The topological polar surface area (TPSA) is 90.7 Å². The van der Waals surface area contributed by atoms with E-state index in [0.717, 1.165) is 10.9 Å². The van der Waals surface area contributed by atoms with Gasteiger partial charge in [0, 0.05) is 0 Å². The van der Waals surface area contributed by atoms with Crippen LogP contribution in [-0.4, -0.2) is 9.66 Å². The van der Waals surface area contributed by atoms with Crippen molar-refractivity contribution in [2.24, 2.45) is 0 Å². The Balaban J connectivity index is 2.41. The maximum absolute atomic E-state index is 12.7. The number of nitrogens with zero attached hydrogens (tertiary/aromatic N) is 2. The number of H-pyrrole nitrogens is 1. The molecule has 0 atom stereocenters. The van der Waals surface area contributed by atoms with E-state index in [2.05, 4.69) is 5.43 Å². The van der Waals surface area contributed by atoms with E-state index in [-0.39, 0.29) is 5.56 Å². The van der Waals surface area contributed by atoms with Crippen molar-refractivity contribution in [3.05, 3.63) is 62.7 Å². The Bertz CT molecular complexity index is 724. The van der Waals surface area contributed by atoms with Gasteiger partial charge < -0.3 is 0 Å². The van der Waals surface area contributed by atoms with Crippen molar-refractivity contribution in [2.75, 3.05) is 5.43 Å². The fourth-order valence-corrected chi connectivity index (χ4v) is 1.30. The highest BCUT2D eigenvalue weighted by Crippen LogP contribution is 2.07. The zero-order chi connectivity index (χ0) is 13.1. The maximum Gasteiger partial charge on any atom is 0.347 e. The highest BCUT2D eigenvalue weighted by molar-refractivity contribution is 5.42. The van der Waals surface area contributed by atoms with Gasteiger partial charge in [0.1, 0.15) is 17.4 Å². The van der Waals surface area contributed by atoms with Gasteiger partial charge in [-0.15, -0.1) is 0 Å². The number of nitrogens with one attached hydrogen (secondary N) is 2. The Labute approximate surface area is 99.9 Å². The van der Waals surface area contributed by atoms with Crippen molar-refractivity contribution in [2.45, 2.75) is 0 Å². The molecule has 2 aromatic rings. The summed E-state index contributed by atoms with van der Waals surface area (Å²) in [5.41, 5.74) is 1.38. The van der Waals surface area contributed by atoms with Gasteiger partial charge in [0.05, 0.1) is 11.9 Å². The van der Waals surface area contributed by atoms with E-state index in [1.54, 1.807) is 6.07 Å². The lowest BCUT2D eigenvalue weighted by molar-refractivity contribution is 0.628. The van der Waals surface area contributed by atoms with Gasteiger partial charge in [-0.2, -0.15) is 5.26 Å². The molecule has 2 rings (SSSR count). The smallest absolute Gasteiger partial charge is 0.290 e. The lowest BCUT2D eigenvalue weighted by Gasteiger charge is -2.08. The summed E-state index contributed by atoms with van der Waals surface area (Å²) in [6, 6.07) is 6.91. The van der Waals surface area contributed by atoms with E-state index in [4.69, 9.17) is 5.26 Å². The van der Waals surface area contributed by atoms with Crippen LogP contribution in [0, 0.1) is 17.1 Å². The molecule has 0 amide bonds. The first kappa shape index (κ1) is 11.6. The molecular formula is C11H7FN4O2. The van der Waals surface area contributed by atoms with Gasteiger partial charge in [-0.25, -0.2) is 13.9 Å². The van der Waals surface area contributed by atoms with Crippen molar-refractivity contribution in [3.63, 3.8) is 0 Å². The van der Waals surface area contributed by atoms with Crippen molar-refractivity contribution >= 4 is 5.69 Å². The fraction of sp³-hybridized carbons (Fsp3) is 0. The molecule has 1 aromatic carbocycles. The van der Waals surface area contributed by atoms with Gasteiger partial charge in [-0.3, -0.25) is 15.2 Å². The molecule has 0 fully saturated rings. The number of benzene rings is 1. The normalized spacial score (nSPS) is 9.78. The molecule has 0 aliphatic heterocycles. The number of aromatic amines is 1. The maximum atomic E-state index is 12.7. The molecule has 0 saturated carbocycles. The van der Waals surface area contributed by atoms with Crippen molar-refractivity contribution < 1.29 is 4.39 Å². The van der Waals surface area contributed by atoms with E-state index in [9.17, 15) is 14.0 Å². The Hall–Kier alpha value is -2.88. The second-order valence-corrected chi connectivity index (χ2v) is 3.40. The lowest BCUT2D eigenvalue weighted by Crippen LogP contribution is -2.34. The van der Waals surface area contributed by atoms with Gasteiger partial charge in [0.15, 0.2) is 0 Å². The molecule has 0 aliphatic carbocycles. The molecule has 1 aromatic heterocycles. The third-order valence-corrected chi connectivity index (χ3v) is 2.16. The van der Waals surface area contributed by atoms with Crippen LogP contribution in [0.4, 0.5) is 10.1 Å². The van der Waals surface area contributed by atoms with Crippen LogP contribution in [0.1, 0.15) is 5.56 Å². The molecule has 90 valence electrons. The standard InChI is InChI=1S/C11H7FN4O2/c12-8-1-3-9(4-2-8)15-16-6-7(5-13)10(17)14-11(16)18/h1-4,6,15H,(H,14,17,18). The van der Waals surface area contributed by atoms with Gasteiger partial charge in [-0.1, -0.05) is 0 Å². The van der Waals surface area contributed by atoms with Gasteiger partial charge >= 0.3 is 5.69 Å². The summed E-state index contributed by atoms with van der Waals surface area (Å²) in [7, 11) is 0. The number of aromatic nitrogens is 2. The first-order valence-electron chi connectivity index (χ1n) is 4.89. The van der Waals surface area contributed by atoms with Crippen LogP contribution in [0.2, 0.25) is 0 Å². The molecule has 2 N–H and O–H groups in total. The lowest BCUT2D eigenvalue weighted by atomic mass is 10.3. The molecule has 0 spiro atoms. The zero-order valence-electron chi connectivity index (χ0n) is 8.98. The second-order valence-electron chi connectivity index (χ2n) is 3.40. The molecule has 1 heterocycles. The summed E-state index contributed by atoms with van der Waals surface area (Å²) in [5, 5.41) is 8.67. The highest BCUT2D eigenvalue weighted by Gasteiger charge is 2.03. The van der Waals surface area contributed by atoms with Crippen LogP contribution in [0.5, 0.6) is 0 Å². The second kappa shape index (κ2) is 4.55. The minimum Gasteiger partial charge on any atom is -0.290 e. The summed E-state index contributed by atoms with van der Waals surface area (Å²) in [6.07, 6.45) is 1.07. The average Bonchev–Trinajstić information content (AvgIpc) is 2.35. The molecule has 0 saturated heterocycles. The first-order valence-corrected chi connectivity index (χ1v) is 4.89. The molecule has 0 unspecified atom stereocenters. The molecule has 7 heteroatoms. The minimum atomic E-state index is -0.750. The van der Waals surface area contributed by atoms with Crippen LogP contribution >= 0.6 is 0 Å². The molecule has 0 aliphatic rings. The van der Waals surface area contributed by atoms with E-state index in [0.29, 0.717) is 5.69 Å². The van der Waals surface area contributed by atoms with Crippen LogP contribution in [0.15, 0.2) is 40.1 Å². The summed E-state index contributed by atoms with van der Waals surface area (Å²) >= 11 is 0. The summed E-state index contributed by atoms with van der Waals surface area (Å²) in [5.74, 6) is -0.410. The summed E-state index contributed by atoms with van der Waals surface area (Å²) < 4.78 is 13.6. The molecular weight excluding hydrogens is 239 g/mol. The van der Waals surface area contributed by atoms with Crippen LogP contribution in [0.3, 0.4) is 0 Å². The van der Waals surface area contributed by atoms with Crippen molar-refractivity contribution in [1.82, 2.24) is 9.66 Å². The number of anilines is 1. The third kappa shape index (κ3) is 2.27. The van der Waals surface area contributed by atoms with Crippen LogP contribution < -0.4 is 16.7 Å². The van der Waals surface area contributed by atoms with Crippen LogP contribution in [0.25, 0.3) is 0 Å². The van der Waals surface area contributed by atoms with Crippen LogP contribution in [-0.2, 0) is 0 Å². The monoisotopic (exact) mass is 246 g/mol. The molecule has 18 heavy (non-hydrogen) atoms. The summed E-state index contributed by atoms with van der Waals surface area (Å²) in [4.78, 5) is 24.6. The number of hydrogen-bond donors (Lipinski definition) is 2. The van der Waals surface area contributed by atoms with Crippen molar-refractivity contribution in [1.29, 1.82) is 5.26 Å². The number of hydrogen-bond acceptors (Lipinski definition) is 4. The van der Waals surface area contributed by atoms with E-state index >= 15 is 0 Å². The van der Waals surface area contributed by atoms with E-state index in [1.807, 2.05) is 4.98 Å². The third-order valence-electron chi connectivity index (χ3n) is 2.16. The Morgan fingerprint density at radius 2 is 1.94 bits per heavy atom. The quantitative estimate of drug-likeness (QED) is 0.803. The number of nitriles is 1. The van der Waals surface area contributed by atoms with E-state index < -0.39 is 17.1 Å². The minimum absolute atomic E-state index is 0.204. The molecule has 6 nitrogen and oxygen atoms in total. The predicted octanol–water partition coefficient (Wildman–Crippen LogP) is 0.423. The SMILES string of the molecule is N#Cc1cn(Nc2ccc(F)cc2)c(=O)[nH]c1=O. The highest BCUT2D eigenvalue weighted by atomic mass is 19.1. The number of rotatable bonds is 2. The Morgan fingerprint density at radius 3 is 2.56 bits per heavy atom. The van der Waals surface area contributed by atoms with Crippen molar-refractivity contribution in [3.8, 4) is 6.07 Å². The largest absolute Gasteiger partial charge is 0.347 e. The predicted molar refractivity (Wildman–Crippen MR) is 61.5 cm³/mol. The Morgan fingerprint density at radius 1 is 1.28 bits per heavy atom. The number of halogens is 1. The van der Waals surface area contributed by atoms with Gasteiger partial charge in [-0.05, 0) is 24.3 Å².